The second-order valence-corrected chi connectivity index (χ2v) is 4.06. The third-order valence-electron chi connectivity index (χ3n) is 2.38. The molecule has 92 valence electrons. The van der Waals surface area contributed by atoms with Crippen LogP contribution in [0.15, 0.2) is 12.7 Å². The van der Waals surface area contributed by atoms with Crippen molar-refractivity contribution in [3.8, 4) is 0 Å². The Morgan fingerprint density at radius 3 is 2.44 bits per heavy atom. The number of rotatable bonds is 7. The SMILES string of the molecule is C=CCC(N)C(=O)NCC(C(=O)O)C(C)C. The van der Waals surface area contributed by atoms with Gasteiger partial charge in [0.05, 0.1) is 12.0 Å². The summed E-state index contributed by atoms with van der Waals surface area (Å²) >= 11 is 0. The molecule has 0 rings (SSSR count). The molecule has 0 aliphatic heterocycles. The molecule has 0 spiro atoms. The molecule has 5 nitrogen and oxygen atoms in total. The Kier molecular flexibility index (Phi) is 6.41. The number of hydrogen-bond acceptors (Lipinski definition) is 3. The number of hydrogen-bond donors (Lipinski definition) is 3. The minimum Gasteiger partial charge on any atom is -0.481 e. The number of carbonyl (C=O) groups excluding carboxylic acids is 1. The maximum atomic E-state index is 11.4. The fourth-order valence-corrected chi connectivity index (χ4v) is 1.24. The van der Waals surface area contributed by atoms with E-state index < -0.39 is 17.9 Å². The number of carboxylic acid groups (broad SMARTS) is 1. The molecular formula is C11H20N2O3. The molecule has 0 aromatic rings. The summed E-state index contributed by atoms with van der Waals surface area (Å²) in [7, 11) is 0. The van der Waals surface area contributed by atoms with E-state index >= 15 is 0 Å². The smallest absolute Gasteiger partial charge is 0.308 e. The molecule has 2 atom stereocenters. The number of carbonyl (C=O) groups is 2. The van der Waals surface area contributed by atoms with E-state index in [-0.39, 0.29) is 18.4 Å². The fourth-order valence-electron chi connectivity index (χ4n) is 1.24. The molecule has 1 amide bonds. The summed E-state index contributed by atoms with van der Waals surface area (Å²) in [6.07, 6.45) is 1.94. The van der Waals surface area contributed by atoms with Crippen LogP contribution in [0.4, 0.5) is 0 Å². The van der Waals surface area contributed by atoms with Gasteiger partial charge in [-0.05, 0) is 12.3 Å². The van der Waals surface area contributed by atoms with Crippen LogP contribution in [0.5, 0.6) is 0 Å². The first-order valence-electron chi connectivity index (χ1n) is 5.27. The lowest BCUT2D eigenvalue weighted by molar-refractivity contribution is -0.143. The van der Waals surface area contributed by atoms with Gasteiger partial charge in [0, 0.05) is 6.54 Å². The van der Waals surface area contributed by atoms with Crippen LogP contribution in [-0.4, -0.2) is 29.6 Å². The van der Waals surface area contributed by atoms with Crippen LogP contribution in [0.25, 0.3) is 0 Å². The first-order chi connectivity index (χ1) is 7.40. The summed E-state index contributed by atoms with van der Waals surface area (Å²) in [6, 6.07) is -0.654. The summed E-state index contributed by atoms with van der Waals surface area (Å²) in [4.78, 5) is 22.3. The molecule has 0 aliphatic carbocycles. The van der Waals surface area contributed by atoms with Gasteiger partial charge in [-0.2, -0.15) is 0 Å². The lowest BCUT2D eigenvalue weighted by Crippen LogP contribution is -2.44. The fraction of sp³-hybridized carbons (Fsp3) is 0.636. The van der Waals surface area contributed by atoms with Crippen LogP contribution in [0.1, 0.15) is 20.3 Å². The average molecular weight is 228 g/mol. The molecule has 0 saturated carbocycles. The van der Waals surface area contributed by atoms with E-state index in [9.17, 15) is 9.59 Å². The molecule has 0 saturated heterocycles. The molecule has 5 heteroatoms. The molecule has 0 fully saturated rings. The van der Waals surface area contributed by atoms with E-state index in [2.05, 4.69) is 11.9 Å². The second-order valence-electron chi connectivity index (χ2n) is 4.06. The van der Waals surface area contributed by atoms with Crippen molar-refractivity contribution < 1.29 is 14.7 Å². The van der Waals surface area contributed by atoms with Gasteiger partial charge in [0.25, 0.3) is 0 Å². The molecule has 0 radical (unpaired) electrons. The normalized spacial score (nSPS) is 14.2. The third kappa shape index (κ3) is 4.93. The number of nitrogens with two attached hydrogens (primary N) is 1. The van der Waals surface area contributed by atoms with E-state index in [1.165, 1.54) is 0 Å². The Morgan fingerprint density at radius 1 is 1.50 bits per heavy atom. The molecular weight excluding hydrogens is 208 g/mol. The highest BCUT2D eigenvalue weighted by Gasteiger charge is 2.22. The van der Waals surface area contributed by atoms with Gasteiger partial charge in [0.15, 0.2) is 0 Å². The van der Waals surface area contributed by atoms with Crippen molar-refractivity contribution in [2.24, 2.45) is 17.6 Å². The van der Waals surface area contributed by atoms with Gasteiger partial charge in [-0.15, -0.1) is 6.58 Å². The second kappa shape index (κ2) is 7.00. The van der Waals surface area contributed by atoms with Crippen molar-refractivity contribution in [1.29, 1.82) is 0 Å². The number of aliphatic carboxylic acids is 1. The van der Waals surface area contributed by atoms with Crippen molar-refractivity contribution in [3.05, 3.63) is 12.7 Å². The summed E-state index contributed by atoms with van der Waals surface area (Å²) < 4.78 is 0. The number of amides is 1. The average Bonchev–Trinajstić information content (AvgIpc) is 2.16. The first-order valence-corrected chi connectivity index (χ1v) is 5.27. The first kappa shape index (κ1) is 14.6. The highest BCUT2D eigenvalue weighted by molar-refractivity contribution is 5.82. The lowest BCUT2D eigenvalue weighted by Gasteiger charge is -2.18. The van der Waals surface area contributed by atoms with Crippen molar-refractivity contribution >= 4 is 11.9 Å². The third-order valence-corrected chi connectivity index (χ3v) is 2.38. The van der Waals surface area contributed by atoms with Crippen LogP contribution in [0.3, 0.4) is 0 Å². The van der Waals surface area contributed by atoms with Crippen molar-refractivity contribution in [2.75, 3.05) is 6.54 Å². The minimum absolute atomic E-state index is 0.0339. The molecule has 2 unspecified atom stereocenters. The molecule has 16 heavy (non-hydrogen) atoms. The van der Waals surface area contributed by atoms with Gasteiger partial charge < -0.3 is 16.2 Å². The summed E-state index contributed by atoms with van der Waals surface area (Å²) in [6.45, 7) is 7.19. The molecule has 0 aromatic heterocycles. The van der Waals surface area contributed by atoms with Gasteiger partial charge in [-0.25, -0.2) is 0 Å². The topological polar surface area (TPSA) is 92.4 Å². The zero-order chi connectivity index (χ0) is 12.7. The highest BCUT2D eigenvalue weighted by atomic mass is 16.4. The zero-order valence-corrected chi connectivity index (χ0v) is 9.77. The maximum absolute atomic E-state index is 11.4. The Morgan fingerprint density at radius 2 is 2.06 bits per heavy atom. The van der Waals surface area contributed by atoms with E-state index in [4.69, 9.17) is 10.8 Å². The van der Waals surface area contributed by atoms with Crippen molar-refractivity contribution in [1.82, 2.24) is 5.32 Å². The van der Waals surface area contributed by atoms with Crippen LogP contribution in [0, 0.1) is 11.8 Å². The predicted molar refractivity (Wildman–Crippen MR) is 61.8 cm³/mol. The molecule has 4 N–H and O–H groups in total. The number of nitrogens with one attached hydrogen (secondary N) is 1. The monoisotopic (exact) mass is 228 g/mol. The molecule has 0 aliphatic rings. The van der Waals surface area contributed by atoms with E-state index in [0.29, 0.717) is 6.42 Å². The number of carboxylic acids is 1. The van der Waals surface area contributed by atoms with Gasteiger partial charge in [0.2, 0.25) is 5.91 Å². The predicted octanol–water partition coefficient (Wildman–Crippen LogP) is 0.363. The Balaban J connectivity index is 4.16. The van der Waals surface area contributed by atoms with Gasteiger partial charge >= 0.3 is 5.97 Å². The van der Waals surface area contributed by atoms with Gasteiger partial charge in [-0.1, -0.05) is 19.9 Å². The highest BCUT2D eigenvalue weighted by Crippen LogP contribution is 2.09. The zero-order valence-electron chi connectivity index (χ0n) is 9.77. The van der Waals surface area contributed by atoms with Crippen LogP contribution >= 0.6 is 0 Å². The van der Waals surface area contributed by atoms with Gasteiger partial charge in [0.1, 0.15) is 0 Å². The largest absolute Gasteiger partial charge is 0.481 e. The summed E-state index contributed by atoms with van der Waals surface area (Å²) in [5.41, 5.74) is 5.54. The van der Waals surface area contributed by atoms with Gasteiger partial charge in [-0.3, -0.25) is 9.59 Å². The summed E-state index contributed by atoms with van der Waals surface area (Å²) in [5, 5.41) is 11.4. The quantitative estimate of drug-likeness (QED) is 0.549. The van der Waals surface area contributed by atoms with Crippen LogP contribution < -0.4 is 11.1 Å². The van der Waals surface area contributed by atoms with Crippen molar-refractivity contribution in [2.45, 2.75) is 26.3 Å². The van der Waals surface area contributed by atoms with Crippen LogP contribution in [0.2, 0.25) is 0 Å². The molecule has 0 heterocycles. The van der Waals surface area contributed by atoms with Crippen LogP contribution in [-0.2, 0) is 9.59 Å². The maximum Gasteiger partial charge on any atom is 0.308 e. The Bertz CT molecular complexity index is 264. The van der Waals surface area contributed by atoms with Crippen molar-refractivity contribution in [3.63, 3.8) is 0 Å². The summed E-state index contributed by atoms with van der Waals surface area (Å²) in [5.74, 6) is -1.87. The lowest BCUT2D eigenvalue weighted by atomic mass is 9.96. The minimum atomic E-state index is -0.910. The van der Waals surface area contributed by atoms with E-state index in [1.54, 1.807) is 19.9 Å². The molecule has 0 bridgehead atoms. The molecule has 0 aromatic carbocycles. The Labute approximate surface area is 95.7 Å². The Hall–Kier alpha value is -1.36. The van der Waals surface area contributed by atoms with E-state index in [1.807, 2.05) is 0 Å². The standard InChI is InChI=1S/C11H20N2O3/c1-4-5-9(12)10(14)13-6-8(7(2)3)11(15)16/h4,7-9H,1,5-6,12H2,2-3H3,(H,13,14)(H,15,16). The van der Waals surface area contributed by atoms with E-state index in [0.717, 1.165) is 0 Å².